The minimum Gasteiger partial charge on any atom is -0.326 e. The average molecular weight is 431 g/mol. The number of hydrogen-bond donors (Lipinski definition) is 1. The van der Waals surface area contributed by atoms with Crippen LogP contribution in [-0.2, 0) is 14.4 Å². The lowest BCUT2D eigenvalue weighted by Gasteiger charge is -2.28. The molecule has 0 aromatic heterocycles. The van der Waals surface area contributed by atoms with Crippen molar-refractivity contribution in [3.63, 3.8) is 0 Å². The third-order valence-electron chi connectivity index (χ3n) is 6.74. The first-order valence-electron chi connectivity index (χ1n) is 10.6. The fraction of sp³-hybridized carbons (Fsp3) is 0.292. The molecule has 162 valence electrons. The van der Waals surface area contributed by atoms with Crippen molar-refractivity contribution >= 4 is 29.1 Å². The summed E-state index contributed by atoms with van der Waals surface area (Å²) in [5.41, 5.74) is 1.03. The summed E-state index contributed by atoms with van der Waals surface area (Å²) in [6.45, 7) is 0. The Morgan fingerprint density at radius 3 is 2.16 bits per heavy atom. The molecule has 3 amide bonds. The number of nitrogens with one attached hydrogen (secondary N) is 1. The van der Waals surface area contributed by atoms with Gasteiger partial charge in [-0.1, -0.05) is 42.5 Å². The number of carbonyl (C=O) groups excluding carboxylic acids is 3. The van der Waals surface area contributed by atoms with Crippen molar-refractivity contribution in [1.29, 1.82) is 0 Å². The van der Waals surface area contributed by atoms with E-state index in [-0.39, 0.29) is 53.5 Å². The summed E-state index contributed by atoms with van der Waals surface area (Å²) in [5, 5.41) is 13.8. The molecule has 2 fully saturated rings. The predicted octanol–water partition coefficient (Wildman–Crippen LogP) is 3.47. The fourth-order valence-electron chi connectivity index (χ4n) is 5.32. The summed E-state index contributed by atoms with van der Waals surface area (Å²) in [5.74, 6) is -1.51. The van der Waals surface area contributed by atoms with Crippen molar-refractivity contribution in [3.8, 4) is 0 Å². The van der Waals surface area contributed by atoms with E-state index in [1.165, 1.54) is 29.2 Å². The number of likely N-dealkylation sites (tertiary alicyclic amines) is 1. The maximum Gasteiger partial charge on any atom is 0.269 e. The van der Waals surface area contributed by atoms with Gasteiger partial charge in [-0.2, -0.15) is 0 Å². The van der Waals surface area contributed by atoms with Gasteiger partial charge < -0.3 is 5.32 Å². The van der Waals surface area contributed by atoms with Crippen LogP contribution < -0.4 is 5.32 Å². The van der Waals surface area contributed by atoms with E-state index in [1.54, 1.807) is 24.3 Å². The number of allylic oxidation sites excluding steroid dienone is 2. The number of imide groups is 1. The van der Waals surface area contributed by atoms with Crippen LogP contribution in [0.5, 0.6) is 0 Å². The van der Waals surface area contributed by atoms with E-state index in [4.69, 9.17) is 0 Å². The number of fused-ring (bicyclic) bond motifs is 5. The SMILES string of the molecule is O=C(CC(c1ccc([N+](=O)[O-])cc1)N1C(=O)C2C3C=CC(C3)C2C1=O)Nc1ccccc1. The first kappa shape index (κ1) is 20.1. The molecule has 2 bridgehead atoms. The van der Waals surface area contributed by atoms with Crippen molar-refractivity contribution in [2.45, 2.75) is 18.9 Å². The third-order valence-corrected chi connectivity index (χ3v) is 6.74. The van der Waals surface area contributed by atoms with Gasteiger partial charge in [0.1, 0.15) is 0 Å². The minimum absolute atomic E-state index is 0.0575. The number of nitro benzene ring substituents is 1. The van der Waals surface area contributed by atoms with Gasteiger partial charge in [-0.15, -0.1) is 0 Å². The molecule has 8 nitrogen and oxygen atoms in total. The van der Waals surface area contributed by atoms with Gasteiger partial charge in [0.05, 0.1) is 29.2 Å². The van der Waals surface area contributed by atoms with Crippen molar-refractivity contribution in [2.24, 2.45) is 23.7 Å². The molecule has 32 heavy (non-hydrogen) atoms. The lowest BCUT2D eigenvalue weighted by Crippen LogP contribution is -2.38. The van der Waals surface area contributed by atoms with Gasteiger partial charge in [0.25, 0.3) is 5.69 Å². The largest absolute Gasteiger partial charge is 0.326 e. The van der Waals surface area contributed by atoms with Crippen molar-refractivity contribution in [2.75, 3.05) is 5.32 Å². The molecule has 1 heterocycles. The Kier molecular flexibility index (Phi) is 4.84. The Labute approximate surface area is 184 Å². The molecule has 1 N–H and O–H groups in total. The van der Waals surface area contributed by atoms with E-state index < -0.39 is 11.0 Å². The van der Waals surface area contributed by atoms with E-state index in [0.717, 1.165) is 6.42 Å². The number of para-hydroxylation sites is 1. The Balaban J connectivity index is 1.45. The van der Waals surface area contributed by atoms with Crippen LogP contribution in [0.4, 0.5) is 11.4 Å². The van der Waals surface area contributed by atoms with Crippen LogP contribution in [0.1, 0.15) is 24.4 Å². The smallest absolute Gasteiger partial charge is 0.269 e. The highest BCUT2D eigenvalue weighted by Crippen LogP contribution is 2.54. The summed E-state index contributed by atoms with van der Waals surface area (Å²) >= 11 is 0. The van der Waals surface area contributed by atoms with Crippen molar-refractivity contribution in [3.05, 3.63) is 82.4 Å². The fourth-order valence-corrected chi connectivity index (χ4v) is 5.32. The molecule has 2 aromatic rings. The summed E-state index contributed by atoms with van der Waals surface area (Å²) in [7, 11) is 0. The van der Waals surface area contributed by atoms with Gasteiger partial charge >= 0.3 is 0 Å². The number of anilines is 1. The molecule has 0 spiro atoms. The Morgan fingerprint density at radius 2 is 1.59 bits per heavy atom. The Bertz CT molecular complexity index is 1100. The van der Waals surface area contributed by atoms with Gasteiger partial charge in [0.2, 0.25) is 17.7 Å². The van der Waals surface area contributed by atoms with E-state index in [0.29, 0.717) is 11.3 Å². The number of rotatable bonds is 6. The summed E-state index contributed by atoms with van der Waals surface area (Å²) in [6, 6.07) is 13.8. The predicted molar refractivity (Wildman–Crippen MR) is 115 cm³/mol. The zero-order chi connectivity index (χ0) is 22.4. The average Bonchev–Trinajstić information content (AvgIpc) is 3.47. The molecule has 5 rings (SSSR count). The number of carbonyl (C=O) groups is 3. The van der Waals surface area contributed by atoms with Gasteiger partial charge in [-0.05, 0) is 36.0 Å². The molecule has 5 atom stereocenters. The van der Waals surface area contributed by atoms with Crippen LogP contribution in [0.15, 0.2) is 66.7 Å². The van der Waals surface area contributed by atoms with E-state index in [2.05, 4.69) is 5.32 Å². The highest BCUT2D eigenvalue weighted by molar-refractivity contribution is 6.07. The molecule has 2 aliphatic carbocycles. The second-order valence-corrected chi connectivity index (χ2v) is 8.53. The first-order valence-corrected chi connectivity index (χ1v) is 10.6. The highest BCUT2D eigenvalue weighted by Gasteiger charge is 2.60. The van der Waals surface area contributed by atoms with E-state index in [1.807, 2.05) is 18.2 Å². The van der Waals surface area contributed by atoms with Gasteiger partial charge in [-0.25, -0.2) is 0 Å². The van der Waals surface area contributed by atoms with Crippen LogP contribution in [0.2, 0.25) is 0 Å². The summed E-state index contributed by atoms with van der Waals surface area (Å²) in [4.78, 5) is 51.3. The number of non-ortho nitro benzene ring substituents is 1. The Morgan fingerprint density at radius 1 is 1.00 bits per heavy atom. The summed E-state index contributed by atoms with van der Waals surface area (Å²) < 4.78 is 0. The molecule has 1 saturated carbocycles. The third kappa shape index (κ3) is 3.28. The monoisotopic (exact) mass is 431 g/mol. The van der Waals surface area contributed by atoms with E-state index in [9.17, 15) is 24.5 Å². The van der Waals surface area contributed by atoms with Gasteiger partial charge in [-0.3, -0.25) is 29.4 Å². The topological polar surface area (TPSA) is 110 Å². The van der Waals surface area contributed by atoms with E-state index >= 15 is 0 Å². The molecule has 3 aliphatic rings. The molecule has 1 saturated heterocycles. The lowest BCUT2D eigenvalue weighted by molar-refractivity contribution is -0.384. The van der Waals surface area contributed by atoms with Gasteiger partial charge in [0, 0.05) is 17.8 Å². The van der Waals surface area contributed by atoms with Crippen molar-refractivity contribution in [1.82, 2.24) is 4.90 Å². The van der Waals surface area contributed by atoms with Crippen LogP contribution in [-0.4, -0.2) is 27.5 Å². The number of amides is 3. The Hall–Kier alpha value is -3.81. The number of hydrogen-bond acceptors (Lipinski definition) is 5. The second-order valence-electron chi connectivity index (χ2n) is 8.53. The number of nitrogens with zero attached hydrogens (tertiary/aromatic N) is 2. The minimum atomic E-state index is -0.829. The normalized spacial score (nSPS) is 26.3. The zero-order valence-electron chi connectivity index (χ0n) is 17.1. The molecule has 1 aliphatic heterocycles. The number of nitro groups is 1. The van der Waals surface area contributed by atoms with Crippen LogP contribution in [0.25, 0.3) is 0 Å². The van der Waals surface area contributed by atoms with Crippen LogP contribution in [0, 0.1) is 33.8 Å². The summed E-state index contributed by atoms with van der Waals surface area (Å²) in [6.07, 6.45) is 4.72. The molecule has 5 unspecified atom stereocenters. The molecule has 2 aromatic carbocycles. The van der Waals surface area contributed by atoms with Crippen LogP contribution >= 0.6 is 0 Å². The molecule has 0 radical (unpaired) electrons. The maximum atomic E-state index is 13.3. The highest BCUT2D eigenvalue weighted by atomic mass is 16.6. The zero-order valence-corrected chi connectivity index (χ0v) is 17.1. The first-order chi connectivity index (χ1) is 15.4. The standard InChI is InChI=1S/C24H21N3O5/c28-20(25-17-4-2-1-3-5-17)13-19(14-8-10-18(11-9-14)27(31)32)26-23(29)21-15-6-7-16(12-15)22(21)24(26)30/h1-11,15-16,19,21-22H,12-13H2,(H,25,28). The molecular weight excluding hydrogens is 410 g/mol. The second kappa shape index (κ2) is 7.71. The van der Waals surface area contributed by atoms with Crippen molar-refractivity contribution < 1.29 is 19.3 Å². The maximum absolute atomic E-state index is 13.3. The molecular formula is C24H21N3O5. The lowest BCUT2D eigenvalue weighted by atomic mass is 9.85. The van der Waals surface area contributed by atoms with Crippen LogP contribution in [0.3, 0.4) is 0 Å². The quantitative estimate of drug-likeness (QED) is 0.326. The molecule has 8 heteroatoms. The number of benzene rings is 2. The van der Waals surface area contributed by atoms with Gasteiger partial charge in [0.15, 0.2) is 0 Å².